The fourth-order valence-electron chi connectivity index (χ4n) is 1.21. The molecule has 0 spiro atoms. The Labute approximate surface area is 126 Å². The Morgan fingerprint density at radius 1 is 1.41 bits per heavy atom. The molecule has 0 fully saturated rings. The molecule has 0 aliphatic rings. The summed E-state index contributed by atoms with van der Waals surface area (Å²) in [5, 5.41) is 6.48. The smallest absolute Gasteiger partial charge is 0.251 e. The molecule has 0 saturated carbocycles. The standard InChI is InChI=1S/C11H14ClIN2O.ClH/c1-14-5-2-6-15-11(16)8-3-4-10(13)9(12)7-8;/h3-4,7,14H,2,5-6H2,1H3,(H,15,16);1H. The Hall–Kier alpha value is -0.0400. The predicted octanol–water partition coefficient (Wildman–Crippen LogP) is 2.71. The summed E-state index contributed by atoms with van der Waals surface area (Å²) in [7, 11) is 1.89. The van der Waals surface area contributed by atoms with Gasteiger partial charge in [-0.2, -0.15) is 0 Å². The van der Waals surface area contributed by atoms with Crippen LogP contribution in [-0.4, -0.2) is 26.0 Å². The molecular formula is C11H15Cl2IN2O. The lowest BCUT2D eigenvalue weighted by Crippen LogP contribution is -2.26. The molecule has 1 amide bonds. The summed E-state index contributed by atoms with van der Waals surface area (Å²) in [6.07, 6.45) is 0.917. The minimum Gasteiger partial charge on any atom is -0.352 e. The summed E-state index contributed by atoms with van der Waals surface area (Å²) >= 11 is 8.08. The van der Waals surface area contributed by atoms with Gasteiger partial charge in [-0.3, -0.25) is 4.79 Å². The highest BCUT2D eigenvalue weighted by Crippen LogP contribution is 2.19. The van der Waals surface area contributed by atoms with E-state index in [1.54, 1.807) is 12.1 Å². The number of amides is 1. The van der Waals surface area contributed by atoms with Crippen LogP contribution in [0.1, 0.15) is 16.8 Å². The van der Waals surface area contributed by atoms with Crippen LogP contribution in [0, 0.1) is 3.57 Å². The first kappa shape index (κ1) is 17.0. The largest absolute Gasteiger partial charge is 0.352 e. The number of hydrogen-bond acceptors (Lipinski definition) is 2. The van der Waals surface area contributed by atoms with Crippen LogP contribution in [0.15, 0.2) is 18.2 Å². The van der Waals surface area contributed by atoms with Crippen molar-refractivity contribution in [1.82, 2.24) is 10.6 Å². The van der Waals surface area contributed by atoms with Gasteiger partial charge in [-0.15, -0.1) is 12.4 Å². The zero-order valence-electron chi connectivity index (χ0n) is 9.43. The molecule has 6 heteroatoms. The van der Waals surface area contributed by atoms with Crippen LogP contribution in [0.25, 0.3) is 0 Å². The zero-order chi connectivity index (χ0) is 12.0. The van der Waals surface area contributed by atoms with Crippen molar-refractivity contribution in [3.05, 3.63) is 32.4 Å². The van der Waals surface area contributed by atoms with Crippen molar-refractivity contribution in [2.75, 3.05) is 20.1 Å². The van der Waals surface area contributed by atoms with Crippen molar-refractivity contribution in [3.8, 4) is 0 Å². The molecule has 1 aromatic rings. The normalized spacial score (nSPS) is 9.59. The first-order valence-corrected chi connectivity index (χ1v) is 6.48. The minimum absolute atomic E-state index is 0. The molecule has 0 aliphatic heterocycles. The lowest BCUT2D eigenvalue weighted by atomic mass is 10.2. The second-order valence-corrected chi connectivity index (χ2v) is 4.91. The number of carbonyl (C=O) groups is 1. The van der Waals surface area contributed by atoms with Crippen LogP contribution in [0.4, 0.5) is 0 Å². The maximum atomic E-state index is 11.7. The average Bonchev–Trinajstić information content (AvgIpc) is 2.28. The van der Waals surface area contributed by atoms with Crippen LogP contribution in [0.2, 0.25) is 5.02 Å². The molecule has 0 atom stereocenters. The Kier molecular flexibility index (Phi) is 8.94. The molecule has 0 heterocycles. The zero-order valence-corrected chi connectivity index (χ0v) is 13.2. The van der Waals surface area contributed by atoms with E-state index >= 15 is 0 Å². The van der Waals surface area contributed by atoms with Crippen molar-refractivity contribution in [1.29, 1.82) is 0 Å². The number of nitrogens with one attached hydrogen (secondary N) is 2. The van der Waals surface area contributed by atoms with E-state index in [9.17, 15) is 4.79 Å². The van der Waals surface area contributed by atoms with E-state index < -0.39 is 0 Å². The summed E-state index contributed by atoms with van der Waals surface area (Å²) < 4.78 is 0.950. The second-order valence-electron chi connectivity index (χ2n) is 3.34. The Balaban J connectivity index is 0.00000256. The Morgan fingerprint density at radius 2 is 2.12 bits per heavy atom. The van der Waals surface area contributed by atoms with Gasteiger partial charge in [0.1, 0.15) is 0 Å². The third-order valence-corrected chi connectivity index (χ3v) is 3.64. The fraction of sp³-hybridized carbons (Fsp3) is 0.364. The van der Waals surface area contributed by atoms with Crippen LogP contribution in [0.3, 0.4) is 0 Å². The van der Waals surface area contributed by atoms with E-state index in [1.807, 2.05) is 13.1 Å². The lowest BCUT2D eigenvalue weighted by Gasteiger charge is -2.05. The molecule has 0 aromatic heterocycles. The highest BCUT2D eigenvalue weighted by atomic mass is 127. The average molecular weight is 389 g/mol. The minimum atomic E-state index is -0.0746. The summed E-state index contributed by atoms with van der Waals surface area (Å²) in [6, 6.07) is 5.31. The van der Waals surface area contributed by atoms with Gasteiger partial charge in [-0.25, -0.2) is 0 Å². The number of halogens is 3. The summed E-state index contributed by atoms with van der Waals surface area (Å²) in [6.45, 7) is 1.57. The summed E-state index contributed by atoms with van der Waals surface area (Å²) in [5.41, 5.74) is 0.606. The van der Waals surface area contributed by atoms with Crippen LogP contribution >= 0.6 is 46.6 Å². The Bertz CT molecular complexity index is 374. The van der Waals surface area contributed by atoms with Gasteiger partial charge in [0.25, 0.3) is 5.91 Å². The van der Waals surface area contributed by atoms with E-state index in [-0.39, 0.29) is 18.3 Å². The molecule has 0 aliphatic carbocycles. The quantitative estimate of drug-likeness (QED) is 0.601. The van der Waals surface area contributed by atoms with Gasteiger partial charge in [-0.1, -0.05) is 11.6 Å². The third-order valence-electron chi connectivity index (χ3n) is 2.07. The monoisotopic (exact) mass is 388 g/mol. The van der Waals surface area contributed by atoms with Gasteiger partial charge >= 0.3 is 0 Å². The van der Waals surface area contributed by atoms with Gasteiger partial charge in [0.2, 0.25) is 0 Å². The van der Waals surface area contributed by atoms with E-state index in [0.717, 1.165) is 16.5 Å². The van der Waals surface area contributed by atoms with Crippen LogP contribution < -0.4 is 10.6 Å². The van der Waals surface area contributed by atoms with Crippen molar-refractivity contribution >= 4 is 52.5 Å². The highest BCUT2D eigenvalue weighted by Gasteiger charge is 2.06. The molecule has 96 valence electrons. The molecular weight excluding hydrogens is 374 g/mol. The van der Waals surface area contributed by atoms with Crippen molar-refractivity contribution in [2.24, 2.45) is 0 Å². The van der Waals surface area contributed by atoms with Crippen molar-refractivity contribution < 1.29 is 4.79 Å². The molecule has 1 rings (SSSR count). The van der Waals surface area contributed by atoms with Crippen LogP contribution in [0.5, 0.6) is 0 Å². The van der Waals surface area contributed by atoms with E-state index in [4.69, 9.17) is 11.6 Å². The molecule has 0 bridgehead atoms. The first-order valence-electron chi connectivity index (χ1n) is 5.03. The number of rotatable bonds is 5. The van der Waals surface area contributed by atoms with Crippen LogP contribution in [-0.2, 0) is 0 Å². The molecule has 0 radical (unpaired) electrons. The second kappa shape index (κ2) is 8.97. The number of benzene rings is 1. The maximum Gasteiger partial charge on any atom is 0.251 e. The first-order chi connectivity index (χ1) is 7.65. The van der Waals surface area contributed by atoms with E-state index in [1.165, 1.54) is 0 Å². The Morgan fingerprint density at radius 3 is 2.71 bits per heavy atom. The van der Waals surface area contributed by atoms with Gasteiger partial charge in [0, 0.05) is 15.7 Å². The van der Waals surface area contributed by atoms with Crippen molar-refractivity contribution in [2.45, 2.75) is 6.42 Å². The third kappa shape index (κ3) is 5.90. The number of hydrogen-bond donors (Lipinski definition) is 2. The fourth-order valence-corrected chi connectivity index (χ4v) is 1.72. The van der Waals surface area contributed by atoms with E-state index in [2.05, 4.69) is 33.2 Å². The highest BCUT2D eigenvalue weighted by molar-refractivity contribution is 14.1. The SMILES string of the molecule is CNCCCNC(=O)c1ccc(I)c(Cl)c1.Cl. The van der Waals surface area contributed by atoms with E-state index in [0.29, 0.717) is 17.1 Å². The molecule has 17 heavy (non-hydrogen) atoms. The molecule has 0 saturated heterocycles. The number of carbonyl (C=O) groups excluding carboxylic acids is 1. The maximum absolute atomic E-state index is 11.7. The van der Waals surface area contributed by atoms with Gasteiger partial charge in [0.05, 0.1) is 5.02 Å². The lowest BCUT2D eigenvalue weighted by molar-refractivity contribution is 0.0953. The predicted molar refractivity (Wildman–Crippen MR) is 82.3 cm³/mol. The van der Waals surface area contributed by atoms with Gasteiger partial charge in [-0.05, 0) is 60.8 Å². The van der Waals surface area contributed by atoms with Crippen molar-refractivity contribution in [3.63, 3.8) is 0 Å². The molecule has 0 unspecified atom stereocenters. The summed E-state index contributed by atoms with van der Waals surface area (Å²) in [4.78, 5) is 11.7. The summed E-state index contributed by atoms with van der Waals surface area (Å²) in [5.74, 6) is -0.0746. The molecule has 1 aromatic carbocycles. The topological polar surface area (TPSA) is 41.1 Å². The van der Waals surface area contributed by atoms with Gasteiger partial charge < -0.3 is 10.6 Å². The van der Waals surface area contributed by atoms with Gasteiger partial charge in [0.15, 0.2) is 0 Å². The molecule has 2 N–H and O–H groups in total. The molecule has 3 nitrogen and oxygen atoms in total.